The first-order valence-electron chi connectivity index (χ1n) is 7.88. The number of ether oxygens (including phenoxy) is 2. The molecule has 1 aromatic heterocycles. The molecule has 0 spiro atoms. The normalized spacial score (nSPS) is 11.9. The molecular formula is C19H14FN3O3. The van der Waals surface area contributed by atoms with Gasteiger partial charge >= 0.3 is 0 Å². The minimum Gasteiger partial charge on any atom is -0.454 e. The van der Waals surface area contributed by atoms with Gasteiger partial charge in [-0.2, -0.15) is 0 Å². The maximum atomic E-state index is 13.6. The second-order valence-electron chi connectivity index (χ2n) is 5.56. The number of halogens is 1. The summed E-state index contributed by atoms with van der Waals surface area (Å²) in [6, 6.07) is 14.7. The Balaban J connectivity index is 1.45. The van der Waals surface area contributed by atoms with Crippen LogP contribution in [0.2, 0.25) is 0 Å². The number of hydrogen-bond donors (Lipinski definition) is 2. The number of fused-ring (bicyclic) bond motifs is 1. The number of nitrogens with zero attached hydrogens (tertiary/aromatic N) is 1. The predicted molar refractivity (Wildman–Crippen MR) is 94.4 cm³/mol. The van der Waals surface area contributed by atoms with Gasteiger partial charge in [0, 0.05) is 18.0 Å². The van der Waals surface area contributed by atoms with Crippen LogP contribution in [0, 0.1) is 5.82 Å². The molecule has 3 aromatic rings. The highest BCUT2D eigenvalue weighted by Gasteiger charge is 2.14. The number of benzene rings is 2. The molecule has 4 rings (SSSR count). The molecule has 2 heterocycles. The van der Waals surface area contributed by atoms with E-state index in [-0.39, 0.29) is 12.5 Å². The fourth-order valence-electron chi connectivity index (χ4n) is 2.48. The number of nitrogens with one attached hydrogen (secondary N) is 2. The van der Waals surface area contributed by atoms with Crippen molar-refractivity contribution in [3.8, 4) is 11.5 Å². The Morgan fingerprint density at radius 3 is 2.69 bits per heavy atom. The maximum absolute atomic E-state index is 13.6. The van der Waals surface area contributed by atoms with Gasteiger partial charge in [0.25, 0.3) is 5.91 Å². The Morgan fingerprint density at radius 1 is 1.04 bits per heavy atom. The van der Waals surface area contributed by atoms with Crippen LogP contribution in [0.15, 0.2) is 60.8 Å². The van der Waals surface area contributed by atoms with Gasteiger partial charge in [-0.05, 0) is 36.4 Å². The zero-order chi connectivity index (χ0) is 17.9. The van der Waals surface area contributed by atoms with E-state index in [1.165, 1.54) is 18.3 Å². The lowest BCUT2D eigenvalue weighted by atomic mass is 10.2. The van der Waals surface area contributed by atoms with Crippen LogP contribution in [0.1, 0.15) is 10.4 Å². The zero-order valence-electron chi connectivity index (χ0n) is 13.5. The molecule has 1 aliphatic heterocycles. The standard InChI is InChI=1S/C19H14FN3O3/c20-14-3-1-2-4-15(14)23-19(24)12-5-8-18(21-10-12)22-13-6-7-16-17(9-13)26-11-25-16/h1-10H,11H2,(H,21,22)(H,23,24). The molecule has 0 saturated carbocycles. The fourth-order valence-corrected chi connectivity index (χ4v) is 2.48. The molecule has 0 saturated heterocycles. The van der Waals surface area contributed by atoms with E-state index in [9.17, 15) is 9.18 Å². The van der Waals surface area contributed by atoms with E-state index in [2.05, 4.69) is 15.6 Å². The number of amides is 1. The third-order valence-corrected chi connectivity index (χ3v) is 3.79. The molecule has 1 aliphatic rings. The van der Waals surface area contributed by atoms with Crippen molar-refractivity contribution in [2.75, 3.05) is 17.4 Å². The molecule has 7 heteroatoms. The Hall–Kier alpha value is -3.61. The monoisotopic (exact) mass is 351 g/mol. The van der Waals surface area contributed by atoms with Crippen molar-refractivity contribution in [2.24, 2.45) is 0 Å². The number of rotatable bonds is 4. The van der Waals surface area contributed by atoms with Crippen molar-refractivity contribution in [2.45, 2.75) is 0 Å². The zero-order valence-corrected chi connectivity index (χ0v) is 13.5. The van der Waals surface area contributed by atoms with Gasteiger partial charge in [0.05, 0.1) is 11.3 Å². The highest BCUT2D eigenvalue weighted by molar-refractivity contribution is 6.04. The molecule has 0 aliphatic carbocycles. The van der Waals surface area contributed by atoms with Crippen LogP contribution < -0.4 is 20.1 Å². The van der Waals surface area contributed by atoms with E-state index in [0.717, 1.165) is 5.69 Å². The SMILES string of the molecule is O=C(Nc1ccccc1F)c1ccc(Nc2ccc3c(c2)OCO3)nc1. The summed E-state index contributed by atoms with van der Waals surface area (Å²) in [5.74, 6) is 0.998. The second kappa shape index (κ2) is 6.72. The van der Waals surface area contributed by atoms with Crippen molar-refractivity contribution in [1.29, 1.82) is 0 Å². The first kappa shape index (κ1) is 15.9. The highest BCUT2D eigenvalue weighted by Crippen LogP contribution is 2.34. The Bertz CT molecular complexity index is 960. The molecule has 0 unspecified atom stereocenters. The first-order valence-corrected chi connectivity index (χ1v) is 7.88. The maximum Gasteiger partial charge on any atom is 0.257 e. The summed E-state index contributed by atoms with van der Waals surface area (Å²) in [6.07, 6.45) is 1.42. The number of hydrogen-bond acceptors (Lipinski definition) is 5. The Kier molecular flexibility index (Phi) is 4.10. The minimum atomic E-state index is -0.491. The summed E-state index contributed by atoms with van der Waals surface area (Å²) in [5, 5.41) is 5.64. The smallest absolute Gasteiger partial charge is 0.257 e. The second-order valence-corrected chi connectivity index (χ2v) is 5.56. The van der Waals surface area contributed by atoms with E-state index in [0.29, 0.717) is 22.9 Å². The molecule has 0 fully saturated rings. The van der Waals surface area contributed by atoms with Crippen LogP contribution >= 0.6 is 0 Å². The molecule has 0 atom stereocenters. The lowest BCUT2D eigenvalue weighted by Gasteiger charge is -2.08. The average molecular weight is 351 g/mol. The van der Waals surface area contributed by atoms with Gasteiger partial charge in [0.2, 0.25) is 6.79 Å². The number of aromatic nitrogens is 1. The topological polar surface area (TPSA) is 72.5 Å². The summed E-state index contributed by atoms with van der Waals surface area (Å²) >= 11 is 0. The average Bonchev–Trinajstić information content (AvgIpc) is 3.12. The van der Waals surface area contributed by atoms with Gasteiger partial charge in [0.15, 0.2) is 11.5 Å². The van der Waals surface area contributed by atoms with E-state index in [1.54, 1.807) is 30.3 Å². The molecule has 2 aromatic carbocycles. The summed E-state index contributed by atoms with van der Waals surface area (Å²) in [4.78, 5) is 16.4. The lowest BCUT2D eigenvalue weighted by Crippen LogP contribution is -2.13. The van der Waals surface area contributed by atoms with Crippen LogP contribution in [0.5, 0.6) is 11.5 Å². The van der Waals surface area contributed by atoms with Crippen LogP contribution in [0.25, 0.3) is 0 Å². The first-order chi connectivity index (χ1) is 12.7. The molecule has 2 N–H and O–H groups in total. The summed E-state index contributed by atoms with van der Waals surface area (Å²) in [6.45, 7) is 0.211. The molecule has 0 radical (unpaired) electrons. The number of pyridine rings is 1. The van der Waals surface area contributed by atoms with Crippen LogP contribution in [-0.2, 0) is 0 Å². The number of carbonyl (C=O) groups is 1. The van der Waals surface area contributed by atoms with E-state index in [1.807, 2.05) is 12.1 Å². The fraction of sp³-hybridized carbons (Fsp3) is 0.0526. The van der Waals surface area contributed by atoms with Gasteiger partial charge in [0.1, 0.15) is 11.6 Å². The summed E-state index contributed by atoms with van der Waals surface area (Å²) in [5.41, 5.74) is 1.23. The number of anilines is 3. The molecule has 1 amide bonds. The van der Waals surface area contributed by atoms with Crippen molar-refractivity contribution < 1.29 is 18.7 Å². The molecule has 130 valence electrons. The van der Waals surface area contributed by atoms with Gasteiger partial charge in [-0.15, -0.1) is 0 Å². The largest absolute Gasteiger partial charge is 0.454 e. The van der Waals surface area contributed by atoms with Gasteiger partial charge in [-0.25, -0.2) is 9.37 Å². The van der Waals surface area contributed by atoms with E-state index >= 15 is 0 Å². The van der Waals surface area contributed by atoms with E-state index in [4.69, 9.17) is 9.47 Å². The molecular weight excluding hydrogens is 337 g/mol. The third-order valence-electron chi connectivity index (χ3n) is 3.79. The number of para-hydroxylation sites is 1. The van der Waals surface area contributed by atoms with Gasteiger partial charge in [-0.3, -0.25) is 4.79 Å². The number of carbonyl (C=O) groups excluding carboxylic acids is 1. The third kappa shape index (κ3) is 3.27. The predicted octanol–water partition coefficient (Wildman–Crippen LogP) is 3.95. The molecule has 6 nitrogen and oxygen atoms in total. The lowest BCUT2D eigenvalue weighted by molar-refractivity contribution is 0.102. The van der Waals surface area contributed by atoms with Crippen LogP contribution in [0.3, 0.4) is 0 Å². The minimum absolute atomic E-state index is 0.125. The Labute approximate surface area is 148 Å². The molecule has 26 heavy (non-hydrogen) atoms. The Morgan fingerprint density at radius 2 is 1.88 bits per heavy atom. The van der Waals surface area contributed by atoms with Crippen LogP contribution in [0.4, 0.5) is 21.6 Å². The van der Waals surface area contributed by atoms with Gasteiger partial charge < -0.3 is 20.1 Å². The van der Waals surface area contributed by atoms with E-state index < -0.39 is 11.7 Å². The summed E-state index contributed by atoms with van der Waals surface area (Å²) < 4.78 is 24.2. The summed E-state index contributed by atoms with van der Waals surface area (Å²) in [7, 11) is 0. The van der Waals surface area contributed by atoms with Gasteiger partial charge in [-0.1, -0.05) is 12.1 Å². The van der Waals surface area contributed by atoms with Crippen molar-refractivity contribution in [3.05, 3.63) is 72.2 Å². The highest BCUT2D eigenvalue weighted by atomic mass is 19.1. The quantitative estimate of drug-likeness (QED) is 0.745. The van der Waals surface area contributed by atoms with Crippen LogP contribution in [-0.4, -0.2) is 17.7 Å². The molecule has 0 bridgehead atoms. The van der Waals surface area contributed by atoms with Crippen molar-refractivity contribution >= 4 is 23.1 Å². The van der Waals surface area contributed by atoms with Crippen molar-refractivity contribution in [3.63, 3.8) is 0 Å². The van der Waals surface area contributed by atoms with Crippen molar-refractivity contribution in [1.82, 2.24) is 4.98 Å².